The van der Waals surface area contributed by atoms with E-state index in [1.54, 1.807) is 30.3 Å². The Kier molecular flexibility index (Phi) is 2.79. The van der Waals surface area contributed by atoms with Crippen LogP contribution in [0.15, 0.2) is 42.5 Å². The van der Waals surface area contributed by atoms with Gasteiger partial charge >= 0.3 is 0 Å². The first-order valence-electron chi connectivity index (χ1n) is 5.82. The van der Waals surface area contributed by atoms with Crippen LogP contribution < -0.4 is 0 Å². The molecule has 1 N–H and O–H groups in total. The van der Waals surface area contributed by atoms with Crippen LogP contribution in [0.1, 0.15) is 34.6 Å². The van der Waals surface area contributed by atoms with Crippen LogP contribution in [0.4, 0.5) is 4.39 Å². The molecule has 1 heterocycles. The Labute approximate surface area is 109 Å². The van der Waals surface area contributed by atoms with Gasteiger partial charge < -0.3 is 9.84 Å². The van der Waals surface area contributed by atoms with Gasteiger partial charge in [0.05, 0.1) is 11.6 Å². The van der Waals surface area contributed by atoms with Crippen molar-refractivity contribution in [1.29, 1.82) is 5.26 Å². The molecule has 0 fully saturated rings. The van der Waals surface area contributed by atoms with Gasteiger partial charge in [0.15, 0.2) is 6.29 Å². The maximum atomic E-state index is 12.9. The third kappa shape index (κ3) is 1.99. The fraction of sp³-hybridized carbons (Fsp3) is 0.133. The molecule has 2 unspecified atom stereocenters. The lowest BCUT2D eigenvalue weighted by Crippen LogP contribution is -1.99. The van der Waals surface area contributed by atoms with E-state index in [0.717, 1.165) is 11.1 Å². The average molecular weight is 255 g/mol. The first-order chi connectivity index (χ1) is 9.19. The number of fused-ring (bicyclic) bond motifs is 1. The van der Waals surface area contributed by atoms with Crippen molar-refractivity contribution in [3.05, 3.63) is 70.5 Å². The van der Waals surface area contributed by atoms with Gasteiger partial charge in [-0.2, -0.15) is 5.26 Å². The number of halogens is 1. The summed E-state index contributed by atoms with van der Waals surface area (Å²) in [5, 5.41) is 18.7. The summed E-state index contributed by atoms with van der Waals surface area (Å²) in [4.78, 5) is 0. The van der Waals surface area contributed by atoms with E-state index in [1.165, 1.54) is 12.1 Å². The van der Waals surface area contributed by atoms with E-state index < -0.39 is 12.4 Å². The van der Waals surface area contributed by atoms with Crippen LogP contribution in [0.25, 0.3) is 0 Å². The predicted octanol–water partition coefficient (Wildman–Crippen LogP) is 2.81. The highest BCUT2D eigenvalue weighted by Gasteiger charge is 2.31. The molecule has 0 radical (unpaired) electrons. The number of aliphatic hydroxyl groups is 1. The minimum Gasteiger partial charge on any atom is -0.364 e. The Balaban J connectivity index is 2.05. The summed E-state index contributed by atoms with van der Waals surface area (Å²) >= 11 is 0. The lowest BCUT2D eigenvalue weighted by molar-refractivity contribution is -0.109. The molecule has 0 bridgehead atoms. The Hall–Kier alpha value is -2.22. The minimum atomic E-state index is -1.06. The summed E-state index contributed by atoms with van der Waals surface area (Å²) in [7, 11) is 0. The standard InChI is InChI=1S/C15H10FNO2/c16-11-4-2-10(3-5-11)14-12-6-1-9(8-17)7-13(12)15(18)19-14/h1-7,14-15,18H. The molecule has 1 aliphatic rings. The smallest absolute Gasteiger partial charge is 0.182 e. The molecule has 19 heavy (non-hydrogen) atoms. The third-order valence-corrected chi connectivity index (χ3v) is 3.20. The zero-order valence-corrected chi connectivity index (χ0v) is 9.88. The molecule has 2 aromatic carbocycles. The van der Waals surface area contributed by atoms with E-state index in [9.17, 15) is 9.50 Å². The molecule has 94 valence electrons. The zero-order chi connectivity index (χ0) is 13.4. The largest absolute Gasteiger partial charge is 0.364 e. The topological polar surface area (TPSA) is 53.2 Å². The van der Waals surface area contributed by atoms with Gasteiger partial charge in [-0.05, 0) is 35.4 Å². The van der Waals surface area contributed by atoms with Gasteiger partial charge in [-0.15, -0.1) is 0 Å². The fourth-order valence-electron chi connectivity index (χ4n) is 2.27. The van der Waals surface area contributed by atoms with Gasteiger partial charge in [-0.25, -0.2) is 4.39 Å². The maximum Gasteiger partial charge on any atom is 0.182 e. The summed E-state index contributed by atoms with van der Waals surface area (Å²) in [5.74, 6) is -0.317. The molecule has 0 saturated heterocycles. The highest BCUT2D eigenvalue weighted by molar-refractivity contribution is 5.45. The number of rotatable bonds is 1. The van der Waals surface area contributed by atoms with Crippen molar-refractivity contribution in [2.45, 2.75) is 12.4 Å². The van der Waals surface area contributed by atoms with Gasteiger partial charge in [0.1, 0.15) is 11.9 Å². The van der Waals surface area contributed by atoms with Gasteiger partial charge in [0.2, 0.25) is 0 Å². The molecule has 3 nitrogen and oxygen atoms in total. The van der Waals surface area contributed by atoms with E-state index in [-0.39, 0.29) is 5.82 Å². The Morgan fingerprint density at radius 1 is 1.11 bits per heavy atom. The second-order valence-electron chi connectivity index (χ2n) is 4.38. The second kappa shape index (κ2) is 4.47. The van der Waals surface area contributed by atoms with E-state index in [0.29, 0.717) is 11.1 Å². The normalized spacial score (nSPS) is 20.9. The maximum absolute atomic E-state index is 12.9. The molecule has 0 aromatic heterocycles. The number of hydrogen-bond donors (Lipinski definition) is 1. The van der Waals surface area contributed by atoms with Gasteiger partial charge in [0, 0.05) is 5.56 Å². The Bertz CT molecular complexity index is 661. The van der Waals surface area contributed by atoms with Crippen molar-refractivity contribution in [2.24, 2.45) is 0 Å². The number of aliphatic hydroxyl groups excluding tert-OH is 1. The number of nitriles is 1. The molecule has 2 atom stereocenters. The van der Waals surface area contributed by atoms with Gasteiger partial charge in [0.25, 0.3) is 0 Å². The van der Waals surface area contributed by atoms with Crippen molar-refractivity contribution in [2.75, 3.05) is 0 Å². The number of nitrogens with zero attached hydrogens (tertiary/aromatic N) is 1. The summed E-state index contributed by atoms with van der Waals surface area (Å²) in [6.45, 7) is 0. The molecule has 1 aliphatic heterocycles. The van der Waals surface area contributed by atoms with Crippen molar-refractivity contribution >= 4 is 0 Å². The monoisotopic (exact) mass is 255 g/mol. The second-order valence-corrected chi connectivity index (χ2v) is 4.38. The number of ether oxygens (including phenoxy) is 1. The molecule has 3 rings (SSSR count). The Morgan fingerprint density at radius 3 is 2.53 bits per heavy atom. The van der Waals surface area contributed by atoms with Crippen LogP contribution in [0, 0.1) is 17.1 Å². The summed E-state index contributed by atoms with van der Waals surface area (Å²) in [5.41, 5.74) is 2.64. The van der Waals surface area contributed by atoms with Crippen molar-refractivity contribution in [3.8, 4) is 6.07 Å². The SMILES string of the molecule is N#Cc1ccc2c(c1)C(O)OC2c1ccc(F)cc1. The molecule has 0 amide bonds. The molecule has 0 aliphatic carbocycles. The van der Waals surface area contributed by atoms with Crippen LogP contribution in [-0.2, 0) is 4.74 Å². The molecular formula is C15H10FNO2. The predicted molar refractivity (Wildman–Crippen MR) is 65.4 cm³/mol. The van der Waals surface area contributed by atoms with Crippen LogP contribution in [0.3, 0.4) is 0 Å². The molecule has 2 aromatic rings. The minimum absolute atomic E-state index is 0.317. The molecule has 0 spiro atoms. The number of hydrogen-bond acceptors (Lipinski definition) is 3. The summed E-state index contributed by atoms with van der Waals surface area (Å²) in [6, 6.07) is 13.0. The van der Waals surface area contributed by atoms with Gasteiger partial charge in [-0.3, -0.25) is 0 Å². The zero-order valence-electron chi connectivity index (χ0n) is 9.88. The van der Waals surface area contributed by atoms with Crippen LogP contribution in [0.2, 0.25) is 0 Å². The fourth-order valence-corrected chi connectivity index (χ4v) is 2.27. The molecular weight excluding hydrogens is 245 g/mol. The quantitative estimate of drug-likeness (QED) is 0.852. The molecule has 0 saturated carbocycles. The van der Waals surface area contributed by atoms with E-state index >= 15 is 0 Å². The van der Waals surface area contributed by atoms with Gasteiger partial charge in [-0.1, -0.05) is 18.2 Å². The lowest BCUT2D eigenvalue weighted by atomic mass is 9.97. The summed E-state index contributed by atoms with van der Waals surface area (Å²) < 4.78 is 18.4. The van der Waals surface area contributed by atoms with E-state index in [4.69, 9.17) is 10.00 Å². The summed E-state index contributed by atoms with van der Waals surface area (Å²) in [6.07, 6.45) is -1.49. The van der Waals surface area contributed by atoms with E-state index in [1.807, 2.05) is 6.07 Å². The number of benzene rings is 2. The highest BCUT2D eigenvalue weighted by atomic mass is 19.1. The first kappa shape index (κ1) is 11.8. The Morgan fingerprint density at radius 2 is 1.84 bits per heavy atom. The van der Waals surface area contributed by atoms with Crippen LogP contribution in [0.5, 0.6) is 0 Å². The van der Waals surface area contributed by atoms with Crippen LogP contribution >= 0.6 is 0 Å². The van der Waals surface area contributed by atoms with E-state index in [2.05, 4.69) is 0 Å². The van der Waals surface area contributed by atoms with Crippen LogP contribution in [-0.4, -0.2) is 5.11 Å². The van der Waals surface area contributed by atoms with Crippen molar-refractivity contribution < 1.29 is 14.2 Å². The van der Waals surface area contributed by atoms with Crippen molar-refractivity contribution in [3.63, 3.8) is 0 Å². The molecule has 4 heteroatoms. The highest BCUT2D eigenvalue weighted by Crippen LogP contribution is 2.41. The first-order valence-corrected chi connectivity index (χ1v) is 5.82. The van der Waals surface area contributed by atoms with Crippen molar-refractivity contribution in [1.82, 2.24) is 0 Å². The third-order valence-electron chi connectivity index (χ3n) is 3.20. The lowest BCUT2D eigenvalue weighted by Gasteiger charge is -2.11. The average Bonchev–Trinajstić information content (AvgIpc) is 2.76.